The Kier molecular flexibility index (Phi) is 4.53. The van der Waals surface area contributed by atoms with Crippen molar-refractivity contribution in [2.45, 2.75) is 13.8 Å². The van der Waals surface area contributed by atoms with Gasteiger partial charge in [0.05, 0.1) is 12.8 Å². The van der Waals surface area contributed by atoms with Crippen LogP contribution in [0.4, 0.5) is 5.82 Å². The van der Waals surface area contributed by atoms with Gasteiger partial charge < -0.3 is 15.8 Å². The van der Waals surface area contributed by atoms with Crippen LogP contribution >= 0.6 is 0 Å². The summed E-state index contributed by atoms with van der Waals surface area (Å²) in [5.74, 6) is 1.58. The van der Waals surface area contributed by atoms with Crippen molar-refractivity contribution in [2.75, 3.05) is 25.5 Å². The van der Waals surface area contributed by atoms with Crippen LogP contribution < -0.4 is 15.8 Å². The summed E-state index contributed by atoms with van der Waals surface area (Å²) < 4.78 is 5.46. The lowest BCUT2D eigenvalue weighted by Crippen LogP contribution is -2.14. The zero-order valence-corrected chi connectivity index (χ0v) is 12.1. The molecule has 1 aromatic carbocycles. The van der Waals surface area contributed by atoms with Crippen molar-refractivity contribution in [3.63, 3.8) is 0 Å². The molecule has 20 heavy (non-hydrogen) atoms. The minimum absolute atomic E-state index is 0.562. The summed E-state index contributed by atoms with van der Waals surface area (Å²) in [5.41, 5.74) is 9.68. The van der Waals surface area contributed by atoms with Crippen LogP contribution in [0.25, 0.3) is 11.3 Å². The summed E-state index contributed by atoms with van der Waals surface area (Å²) in [6.07, 6.45) is 1.54. The van der Waals surface area contributed by atoms with Crippen molar-refractivity contribution >= 4 is 5.82 Å². The number of hydrogen-bond donors (Lipinski definition) is 2. The number of aryl methyl sites for hydroxylation is 2. The molecule has 1 heterocycles. The first-order valence-electron chi connectivity index (χ1n) is 6.57. The first kappa shape index (κ1) is 14.3. The van der Waals surface area contributed by atoms with Crippen LogP contribution in [-0.2, 0) is 0 Å². The molecule has 0 atom stereocenters. The van der Waals surface area contributed by atoms with Crippen LogP contribution in [0.3, 0.4) is 0 Å². The molecule has 0 aliphatic rings. The molecule has 3 N–H and O–H groups in total. The predicted octanol–water partition coefficient (Wildman–Crippen LogP) is 2.14. The average molecular weight is 272 g/mol. The van der Waals surface area contributed by atoms with Crippen molar-refractivity contribution in [1.29, 1.82) is 0 Å². The largest absolute Gasteiger partial charge is 0.496 e. The highest BCUT2D eigenvalue weighted by atomic mass is 16.5. The van der Waals surface area contributed by atoms with Gasteiger partial charge in [0.15, 0.2) is 0 Å². The quantitative estimate of drug-likeness (QED) is 0.872. The van der Waals surface area contributed by atoms with Crippen LogP contribution in [-0.4, -0.2) is 30.2 Å². The number of aromatic nitrogens is 2. The molecule has 0 aliphatic heterocycles. The summed E-state index contributed by atoms with van der Waals surface area (Å²) in [6.45, 7) is 5.38. The second-order valence-electron chi connectivity index (χ2n) is 4.64. The van der Waals surface area contributed by atoms with Gasteiger partial charge in [-0.1, -0.05) is 0 Å². The van der Waals surface area contributed by atoms with E-state index in [1.54, 1.807) is 13.4 Å². The highest BCUT2D eigenvalue weighted by Gasteiger charge is 2.10. The van der Waals surface area contributed by atoms with Crippen molar-refractivity contribution < 1.29 is 4.74 Å². The first-order chi connectivity index (χ1) is 9.65. The van der Waals surface area contributed by atoms with Gasteiger partial charge in [-0.2, -0.15) is 0 Å². The topological polar surface area (TPSA) is 73.1 Å². The van der Waals surface area contributed by atoms with Crippen LogP contribution in [0.15, 0.2) is 24.5 Å². The van der Waals surface area contributed by atoms with Crippen LogP contribution in [0.5, 0.6) is 5.75 Å². The lowest BCUT2D eigenvalue weighted by molar-refractivity contribution is 0.416. The van der Waals surface area contributed by atoms with E-state index >= 15 is 0 Å². The van der Waals surface area contributed by atoms with E-state index in [1.807, 2.05) is 12.1 Å². The summed E-state index contributed by atoms with van der Waals surface area (Å²) in [6, 6.07) is 6.02. The maximum absolute atomic E-state index is 5.48. The molecule has 0 radical (unpaired) electrons. The minimum Gasteiger partial charge on any atom is -0.496 e. The Bertz CT molecular complexity index is 598. The van der Waals surface area contributed by atoms with E-state index in [4.69, 9.17) is 10.5 Å². The van der Waals surface area contributed by atoms with E-state index in [9.17, 15) is 0 Å². The summed E-state index contributed by atoms with van der Waals surface area (Å²) in [4.78, 5) is 8.51. The Morgan fingerprint density at radius 2 is 1.90 bits per heavy atom. The lowest BCUT2D eigenvalue weighted by Gasteiger charge is -2.12. The van der Waals surface area contributed by atoms with Gasteiger partial charge in [-0.05, 0) is 37.1 Å². The molecule has 0 saturated heterocycles. The third-order valence-corrected chi connectivity index (χ3v) is 3.21. The Morgan fingerprint density at radius 3 is 2.60 bits per heavy atom. The van der Waals surface area contributed by atoms with Gasteiger partial charge in [0, 0.05) is 24.7 Å². The monoisotopic (exact) mass is 272 g/mol. The third kappa shape index (κ3) is 3.05. The van der Waals surface area contributed by atoms with E-state index in [2.05, 4.69) is 35.2 Å². The number of ether oxygens (including phenoxy) is 1. The summed E-state index contributed by atoms with van der Waals surface area (Å²) in [7, 11) is 1.67. The number of nitrogens with one attached hydrogen (secondary N) is 1. The second-order valence-corrected chi connectivity index (χ2v) is 4.64. The molecule has 106 valence electrons. The first-order valence-corrected chi connectivity index (χ1v) is 6.57. The smallest absolute Gasteiger partial charge is 0.130 e. The fourth-order valence-corrected chi connectivity index (χ4v) is 1.96. The molecule has 0 aliphatic carbocycles. The number of anilines is 1. The molecule has 2 aromatic rings. The van der Waals surface area contributed by atoms with Gasteiger partial charge in [0.2, 0.25) is 0 Å². The molecule has 0 spiro atoms. The van der Waals surface area contributed by atoms with E-state index in [0.29, 0.717) is 13.1 Å². The van der Waals surface area contributed by atoms with Crippen molar-refractivity contribution in [3.05, 3.63) is 35.7 Å². The molecular weight excluding hydrogens is 252 g/mol. The highest BCUT2D eigenvalue weighted by Crippen LogP contribution is 2.31. The molecule has 0 fully saturated rings. The standard InChI is InChI=1S/C15H20N4O/c1-10-6-12(14(20-3)7-11(10)2)13-8-15(17-5-4-16)19-9-18-13/h6-9H,4-5,16H2,1-3H3,(H,17,18,19). The molecule has 2 rings (SSSR count). The number of benzene rings is 1. The molecule has 0 saturated carbocycles. The van der Waals surface area contributed by atoms with Gasteiger partial charge >= 0.3 is 0 Å². The molecule has 5 heteroatoms. The van der Waals surface area contributed by atoms with Crippen LogP contribution in [0.2, 0.25) is 0 Å². The zero-order valence-electron chi connectivity index (χ0n) is 12.1. The molecule has 1 aromatic heterocycles. The van der Waals surface area contributed by atoms with Gasteiger partial charge in [-0.15, -0.1) is 0 Å². The number of nitrogens with zero attached hydrogens (tertiary/aromatic N) is 2. The molecule has 5 nitrogen and oxygen atoms in total. The van der Waals surface area contributed by atoms with E-state index in [0.717, 1.165) is 22.8 Å². The third-order valence-electron chi connectivity index (χ3n) is 3.21. The number of nitrogens with two attached hydrogens (primary N) is 1. The SMILES string of the molecule is COc1cc(C)c(C)cc1-c1cc(NCCN)ncn1. The molecule has 0 unspecified atom stereocenters. The highest BCUT2D eigenvalue weighted by molar-refractivity contribution is 5.70. The van der Waals surface area contributed by atoms with Gasteiger partial charge in [-0.25, -0.2) is 9.97 Å². The van der Waals surface area contributed by atoms with E-state index in [-0.39, 0.29) is 0 Å². The van der Waals surface area contributed by atoms with Crippen molar-refractivity contribution in [2.24, 2.45) is 5.73 Å². The normalized spacial score (nSPS) is 10.4. The van der Waals surface area contributed by atoms with Gasteiger partial charge in [0.25, 0.3) is 0 Å². The summed E-state index contributed by atoms with van der Waals surface area (Å²) >= 11 is 0. The zero-order chi connectivity index (χ0) is 14.5. The second kappa shape index (κ2) is 6.34. The van der Waals surface area contributed by atoms with Crippen molar-refractivity contribution in [3.8, 4) is 17.0 Å². The fourth-order valence-electron chi connectivity index (χ4n) is 1.96. The Labute approximate surface area is 119 Å². The van der Waals surface area contributed by atoms with Gasteiger partial charge in [0.1, 0.15) is 17.9 Å². The summed E-state index contributed by atoms with van der Waals surface area (Å²) in [5, 5.41) is 3.15. The van der Waals surface area contributed by atoms with E-state index < -0.39 is 0 Å². The number of hydrogen-bond acceptors (Lipinski definition) is 5. The Morgan fingerprint density at radius 1 is 1.15 bits per heavy atom. The van der Waals surface area contributed by atoms with E-state index in [1.165, 1.54) is 11.1 Å². The lowest BCUT2D eigenvalue weighted by atomic mass is 10.0. The van der Waals surface area contributed by atoms with Crippen LogP contribution in [0.1, 0.15) is 11.1 Å². The average Bonchev–Trinajstić information content (AvgIpc) is 2.47. The van der Waals surface area contributed by atoms with Gasteiger partial charge in [-0.3, -0.25) is 0 Å². The Hall–Kier alpha value is -2.14. The number of methoxy groups -OCH3 is 1. The number of rotatable bonds is 5. The molecule has 0 bridgehead atoms. The van der Waals surface area contributed by atoms with Crippen LogP contribution in [0, 0.1) is 13.8 Å². The Balaban J connectivity index is 2.42. The maximum atomic E-state index is 5.48. The minimum atomic E-state index is 0.562. The fraction of sp³-hybridized carbons (Fsp3) is 0.333. The molecule has 0 amide bonds. The van der Waals surface area contributed by atoms with Crippen molar-refractivity contribution in [1.82, 2.24) is 9.97 Å². The maximum Gasteiger partial charge on any atom is 0.130 e. The predicted molar refractivity (Wildman–Crippen MR) is 81.0 cm³/mol. The molecular formula is C15H20N4O.